The van der Waals surface area contributed by atoms with Crippen LogP contribution in [-0.2, 0) is 35.1 Å². The van der Waals surface area contributed by atoms with E-state index in [1.54, 1.807) is 24.3 Å². The maximum Gasteiger partial charge on any atom is 0.510 e. The fourth-order valence-corrected chi connectivity index (χ4v) is 3.29. The van der Waals surface area contributed by atoms with E-state index in [-0.39, 0.29) is 43.2 Å². The lowest BCUT2D eigenvalue weighted by atomic mass is 10.1. The molecule has 3 atom stereocenters. The lowest BCUT2D eigenvalue weighted by molar-refractivity contribution is -0.165. The molecule has 3 aliphatic heterocycles. The van der Waals surface area contributed by atoms with E-state index in [2.05, 4.69) is 10.0 Å². The number of carbonyl (C=O) groups excluding carboxylic acids is 3. The Kier molecular flexibility index (Phi) is 4.96. The van der Waals surface area contributed by atoms with Crippen molar-refractivity contribution in [3.63, 3.8) is 0 Å². The van der Waals surface area contributed by atoms with Gasteiger partial charge >= 0.3 is 12.1 Å². The molecule has 0 radical (unpaired) electrons. The number of carbonyl (C=O) groups is 3. The van der Waals surface area contributed by atoms with Gasteiger partial charge in [0.1, 0.15) is 12.7 Å². The minimum absolute atomic E-state index is 0.00713. The minimum Gasteiger partial charge on any atom is -0.467 e. The van der Waals surface area contributed by atoms with E-state index in [0.717, 1.165) is 5.56 Å². The molecule has 11 heteroatoms. The zero-order chi connectivity index (χ0) is 20.4. The number of hydrogen-bond donors (Lipinski definition) is 0. The van der Waals surface area contributed by atoms with Crippen LogP contribution < -0.4 is 0 Å². The fourth-order valence-electron chi connectivity index (χ4n) is 3.29. The fraction of sp³-hybridized carbons (Fsp3) is 0.389. The molecule has 3 aliphatic rings. The highest BCUT2D eigenvalue weighted by Gasteiger charge is 2.55. The molecule has 3 heterocycles. The van der Waals surface area contributed by atoms with Gasteiger partial charge in [0, 0.05) is 11.3 Å². The van der Waals surface area contributed by atoms with Crippen LogP contribution in [0.5, 0.6) is 0 Å². The smallest absolute Gasteiger partial charge is 0.467 e. The SMILES string of the molecule is [N-]=[N+]=NCC1CC(=C2O[C@@H]3CC(=O)N3C2OC(=O)OCc2ccccc2)C(=O)O1. The largest absolute Gasteiger partial charge is 0.510 e. The summed E-state index contributed by atoms with van der Waals surface area (Å²) in [6, 6.07) is 9.01. The van der Waals surface area contributed by atoms with Gasteiger partial charge < -0.3 is 18.9 Å². The second-order valence-electron chi connectivity index (χ2n) is 6.56. The van der Waals surface area contributed by atoms with Crippen LogP contribution >= 0.6 is 0 Å². The van der Waals surface area contributed by atoms with Gasteiger partial charge in [-0.3, -0.25) is 9.69 Å². The van der Waals surface area contributed by atoms with Crippen molar-refractivity contribution in [1.82, 2.24) is 4.90 Å². The van der Waals surface area contributed by atoms with E-state index in [4.69, 9.17) is 24.5 Å². The molecule has 0 spiro atoms. The summed E-state index contributed by atoms with van der Waals surface area (Å²) < 4.78 is 21.2. The number of benzene rings is 1. The number of β-lactam (4-membered cyclic amide) rings is 1. The average Bonchev–Trinajstić information content (AvgIpc) is 3.21. The van der Waals surface area contributed by atoms with Crippen LogP contribution in [0.15, 0.2) is 46.8 Å². The lowest BCUT2D eigenvalue weighted by Gasteiger charge is -2.33. The van der Waals surface area contributed by atoms with Crippen molar-refractivity contribution in [3.8, 4) is 0 Å². The molecule has 0 aliphatic carbocycles. The van der Waals surface area contributed by atoms with Gasteiger partial charge in [0.05, 0.1) is 18.5 Å². The highest BCUT2D eigenvalue weighted by molar-refractivity contribution is 5.92. The van der Waals surface area contributed by atoms with Gasteiger partial charge in [0.15, 0.2) is 12.0 Å². The van der Waals surface area contributed by atoms with Crippen LogP contribution in [0.4, 0.5) is 4.79 Å². The monoisotopic (exact) mass is 400 g/mol. The van der Waals surface area contributed by atoms with Crippen LogP contribution in [-0.4, -0.2) is 48.0 Å². The number of azide groups is 1. The molecule has 3 fully saturated rings. The van der Waals surface area contributed by atoms with E-state index in [1.165, 1.54) is 4.90 Å². The van der Waals surface area contributed by atoms with Crippen molar-refractivity contribution in [2.45, 2.75) is 38.0 Å². The lowest BCUT2D eigenvalue weighted by Crippen LogP contribution is -2.53. The number of esters is 1. The third-order valence-corrected chi connectivity index (χ3v) is 4.69. The van der Waals surface area contributed by atoms with E-state index >= 15 is 0 Å². The van der Waals surface area contributed by atoms with Crippen LogP contribution in [0.1, 0.15) is 18.4 Å². The zero-order valence-corrected chi connectivity index (χ0v) is 15.1. The number of fused-ring (bicyclic) bond motifs is 1. The first-order chi connectivity index (χ1) is 14.1. The summed E-state index contributed by atoms with van der Waals surface area (Å²) >= 11 is 0. The summed E-state index contributed by atoms with van der Waals surface area (Å²) in [4.78, 5) is 40.2. The number of rotatable bonds is 5. The molecule has 0 bridgehead atoms. The van der Waals surface area contributed by atoms with Gasteiger partial charge in [-0.1, -0.05) is 35.4 Å². The van der Waals surface area contributed by atoms with E-state index in [1.807, 2.05) is 6.07 Å². The quantitative estimate of drug-likeness (QED) is 0.184. The molecular formula is C18H16N4O7. The predicted octanol–water partition coefficient (Wildman–Crippen LogP) is 2.13. The molecule has 1 aromatic carbocycles. The minimum atomic E-state index is -1.20. The number of cyclic esters (lactones) is 1. The Morgan fingerprint density at radius 2 is 2.03 bits per heavy atom. The molecule has 0 saturated carbocycles. The zero-order valence-electron chi connectivity index (χ0n) is 15.1. The van der Waals surface area contributed by atoms with Gasteiger partial charge in [-0.15, -0.1) is 0 Å². The van der Waals surface area contributed by atoms with Crippen molar-refractivity contribution >= 4 is 18.0 Å². The highest BCUT2D eigenvalue weighted by atomic mass is 16.7. The van der Waals surface area contributed by atoms with E-state index in [0.29, 0.717) is 0 Å². The summed E-state index contributed by atoms with van der Waals surface area (Å²) in [5.74, 6) is -0.895. The van der Waals surface area contributed by atoms with Gasteiger partial charge in [0.2, 0.25) is 12.1 Å². The molecule has 29 heavy (non-hydrogen) atoms. The third kappa shape index (κ3) is 3.67. The third-order valence-electron chi connectivity index (χ3n) is 4.69. The summed E-state index contributed by atoms with van der Waals surface area (Å²) in [5, 5.41) is 3.39. The van der Waals surface area contributed by atoms with Crippen molar-refractivity contribution in [3.05, 3.63) is 57.7 Å². The Morgan fingerprint density at radius 1 is 1.24 bits per heavy atom. The molecule has 0 N–H and O–H groups in total. The molecule has 0 aromatic heterocycles. The standard InChI is InChI=1S/C18H16N4O7/c19-21-20-8-11-6-12(17(24)27-11)15-16(22-13(23)7-14(22)28-15)29-18(25)26-9-10-4-2-1-3-5-10/h1-5,11,14,16H,6-9H2/t11?,14-,16?/m1/s1. The number of hydrogen-bond acceptors (Lipinski definition) is 8. The first-order valence-electron chi connectivity index (χ1n) is 8.87. The molecule has 4 rings (SSSR count). The molecule has 2 unspecified atom stereocenters. The summed E-state index contributed by atoms with van der Waals surface area (Å²) in [5.41, 5.74) is 9.33. The number of ether oxygens (including phenoxy) is 4. The average molecular weight is 400 g/mol. The molecule has 1 aromatic rings. The van der Waals surface area contributed by atoms with Gasteiger partial charge in [0.25, 0.3) is 0 Å². The van der Waals surface area contributed by atoms with Crippen molar-refractivity contribution < 1.29 is 33.3 Å². The molecule has 11 nitrogen and oxygen atoms in total. The van der Waals surface area contributed by atoms with Crippen LogP contribution in [0.2, 0.25) is 0 Å². The summed E-state index contributed by atoms with van der Waals surface area (Å²) in [6.45, 7) is -0.0391. The molecule has 1 amide bonds. The van der Waals surface area contributed by atoms with Crippen LogP contribution in [0.3, 0.4) is 0 Å². The van der Waals surface area contributed by atoms with Crippen molar-refractivity contribution in [2.75, 3.05) is 6.54 Å². The Balaban J connectivity index is 1.48. The Morgan fingerprint density at radius 3 is 2.76 bits per heavy atom. The van der Waals surface area contributed by atoms with E-state index < -0.39 is 30.7 Å². The van der Waals surface area contributed by atoms with E-state index in [9.17, 15) is 14.4 Å². The summed E-state index contributed by atoms with van der Waals surface area (Å²) in [6.07, 6.45) is -3.23. The van der Waals surface area contributed by atoms with Crippen LogP contribution in [0, 0.1) is 0 Å². The number of nitrogens with zero attached hydrogens (tertiary/aromatic N) is 4. The van der Waals surface area contributed by atoms with Crippen molar-refractivity contribution in [1.29, 1.82) is 0 Å². The maximum absolute atomic E-state index is 12.2. The topological polar surface area (TPSA) is 140 Å². The van der Waals surface area contributed by atoms with Crippen molar-refractivity contribution in [2.24, 2.45) is 5.11 Å². The Hall–Kier alpha value is -3.72. The first-order valence-corrected chi connectivity index (χ1v) is 8.87. The van der Waals surface area contributed by atoms with Gasteiger partial charge in [-0.2, -0.15) is 0 Å². The highest BCUT2D eigenvalue weighted by Crippen LogP contribution is 2.40. The second kappa shape index (κ2) is 7.72. The maximum atomic E-state index is 12.2. The normalized spacial score (nSPS) is 27.3. The number of amides is 1. The molecule has 3 saturated heterocycles. The summed E-state index contributed by atoms with van der Waals surface area (Å²) in [7, 11) is 0. The molecule has 150 valence electrons. The Bertz CT molecular complexity index is 925. The second-order valence-corrected chi connectivity index (χ2v) is 6.56. The molecular weight excluding hydrogens is 384 g/mol. The van der Waals surface area contributed by atoms with Crippen LogP contribution in [0.25, 0.3) is 10.4 Å². The predicted molar refractivity (Wildman–Crippen MR) is 93.4 cm³/mol. The van der Waals surface area contributed by atoms with Gasteiger partial charge in [-0.25, -0.2) is 9.59 Å². The Labute approximate surface area is 164 Å². The first kappa shape index (κ1) is 18.6. The van der Waals surface area contributed by atoms with Gasteiger partial charge in [-0.05, 0) is 11.1 Å².